The molecule has 1 aliphatic carbocycles. The number of carbonyl (C=O) groups is 1. The SMILES string of the molecule is CCCC1(C)CC=C(c2ccc(C(=O)O)cc2)CC1. The van der Waals surface area contributed by atoms with E-state index in [0.717, 1.165) is 12.8 Å². The predicted molar refractivity (Wildman–Crippen MR) is 78.2 cm³/mol. The molecule has 0 amide bonds. The molecule has 1 unspecified atom stereocenters. The summed E-state index contributed by atoms with van der Waals surface area (Å²) in [5.41, 5.74) is 3.35. The van der Waals surface area contributed by atoms with Crippen molar-refractivity contribution in [2.24, 2.45) is 5.41 Å². The number of carboxylic acids is 1. The minimum atomic E-state index is -0.861. The number of benzene rings is 1. The molecule has 0 aliphatic heterocycles. The topological polar surface area (TPSA) is 37.3 Å². The van der Waals surface area contributed by atoms with Gasteiger partial charge >= 0.3 is 5.97 Å². The van der Waals surface area contributed by atoms with Crippen molar-refractivity contribution >= 4 is 11.5 Å². The van der Waals surface area contributed by atoms with E-state index in [0.29, 0.717) is 11.0 Å². The van der Waals surface area contributed by atoms with Crippen molar-refractivity contribution in [2.75, 3.05) is 0 Å². The van der Waals surface area contributed by atoms with Gasteiger partial charge in [0.25, 0.3) is 0 Å². The second-order valence-electron chi connectivity index (χ2n) is 5.88. The van der Waals surface area contributed by atoms with Crippen LogP contribution < -0.4 is 0 Å². The third kappa shape index (κ3) is 3.25. The van der Waals surface area contributed by atoms with Crippen molar-refractivity contribution in [3.8, 4) is 0 Å². The number of carboxylic acid groups (broad SMARTS) is 1. The van der Waals surface area contributed by atoms with Gasteiger partial charge in [-0.15, -0.1) is 0 Å². The molecule has 0 radical (unpaired) electrons. The van der Waals surface area contributed by atoms with E-state index in [4.69, 9.17) is 5.11 Å². The summed E-state index contributed by atoms with van der Waals surface area (Å²) in [5, 5.41) is 8.90. The van der Waals surface area contributed by atoms with Gasteiger partial charge in [0.2, 0.25) is 0 Å². The van der Waals surface area contributed by atoms with Gasteiger partial charge in [0.05, 0.1) is 5.56 Å². The van der Waals surface area contributed by atoms with Gasteiger partial charge in [0.1, 0.15) is 0 Å². The predicted octanol–water partition coefficient (Wildman–Crippen LogP) is 4.76. The first kappa shape index (κ1) is 13.9. The molecule has 2 heteroatoms. The fourth-order valence-electron chi connectivity index (χ4n) is 2.93. The number of hydrogen-bond acceptors (Lipinski definition) is 1. The van der Waals surface area contributed by atoms with E-state index in [1.54, 1.807) is 12.1 Å². The summed E-state index contributed by atoms with van der Waals surface area (Å²) in [5.74, 6) is -0.861. The van der Waals surface area contributed by atoms with E-state index < -0.39 is 5.97 Å². The Labute approximate surface area is 115 Å². The molecule has 2 rings (SSSR count). The van der Waals surface area contributed by atoms with Crippen LogP contribution in [-0.2, 0) is 0 Å². The van der Waals surface area contributed by atoms with Gasteiger partial charge in [0.15, 0.2) is 0 Å². The molecular weight excluding hydrogens is 236 g/mol. The first-order chi connectivity index (χ1) is 9.04. The average molecular weight is 258 g/mol. The first-order valence-corrected chi connectivity index (χ1v) is 7.07. The lowest BCUT2D eigenvalue weighted by Crippen LogP contribution is -2.18. The maximum absolute atomic E-state index is 10.8. The third-order valence-corrected chi connectivity index (χ3v) is 4.20. The van der Waals surface area contributed by atoms with Crippen LogP contribution in [0.2, 0.25) is 0 Å². The maximum atomic E-state index is 10.8. The van der Waals surface area contributed by atoms with Crippen LogP contribution in [-0.4, -0.2) is 11.1 Å². The zero-order chi connectivity index (χ0) is 13.9. The zero-order valence-corrected chi connectivity index (χ0v) is 11.8. The first-order valence-electron chi connectivity index (χ1n) is 7.07. The lowest BCUT2D eigenvalue weighted by molar-refractivity contribution is 0.0697. The largest absolute Gasteiger partial charge is 0.478 e. The Bertz CT molecular complexity index is 484. The molecule has 102 valence electrons. The van der Waals surface area contributed by atoms with E-state index in [1.165, 1.54) is 30.4 Å². The van der Waals surface area contributed by atoms with Crippen LogP contribution in [0.5, 0.6) is 0 Å². The van der Waals surface area contributed by atoms with Gasteiger partial charge in [-0.25, -0.2) is 4.79 Å². The molecule has 1 aromatic rings. The van der Waals surface area contributed by atoms with E-state index in [-0.39, 0.29) is 0 Å². The molecular formula is C17H22O2. The lowest BCUT2D eigenvalue weighted by atomic mass is 9.73. The van der Waals surface area contributed by atoms with Gasteiger partial charge in [0, 0.05) is 0 Å². The smallest absolute Gasteiger partial charge is 0.335 e. The molecule has 0 aromatic heterocycles. The molecule has 1 aromatic carbocycles. The molecule has 1 N–H and O–H groups in total. The van der Waals surface area contributed by atoms with Crippen molar-refractivity contribution in [1.29, 1.82) is 0 Å². The molecule has 0 saturated heterocycles. The Morgan fingerprint density at radius 1 is 1.32 bits per heavy atom. The van der Waals surface area contributed by atoms with Crippen molar-refractivity contribution in [2.45, 2.75) is 46.0 Å². The van der Waals surface area contributed by atoms with Gasteiger partial charge in [-0.1, -0.05) is 38.5 Å². The fraction of sp³-hybridized carbons (Fsp3) is 0.471. The van der Waals surface area contributed by atoms with Crippen LogP contribution in [0.1, 0.15) is 61.9 Å². The lowest BCUT2D eigenvalue weighted by Gasteiger charge is -2.32. The molecule has 19 heavy (non-hydrogen) atoms. The average Bonchev–Trinajstić information content (AvgIpc) is 2.40. The molecule has 1 atom stereocenters. The quantitative estimate of drug-likeness (QED) is 0.845. The summed E-state index contributed by atoms with van der Waals surface area (Å²) in [6.45, 7) is 4.62. The third-order valence-electron chi connectivity index (χ3n) is 4.20. The number of allylic oxidation sites excluding steroid dienone is 2. The van der Waals surface area contributed by atoms with Crippen LogP contribution in [0, 0.1) is 5.41 Å². The monoisotopic (exact) mass is 258 g/mol. The highest BCUT2D eigenvalue weighted by atomic mass is 16.4. The van der Waals surface area contributed by atoms with Crippen LogP contribution in [0.25, 0.3) is 5.57 Å². The second kappa shape index (κ2) is 5.60. The van der Waals surface area contributed by atoms with Crippen molar-refractivity contribution in [3.05, 3.63) is 41.5 Å². The summed E-state index contributed by atoms with van der Waals surface area (Å²) in [7, 11) is 0. The minimum absolute atomic E-state index is 0.357. The molecule has 0 heterocycles. The van der Waals surface area contributed by atoms with Gasteiger partial charge in [-0.05, 0) is 54.4 Å². The van der Waals surface area contributed by atoms with Crippen molar-refractivity contribution < 1.29 is 9.90 Å². The van der Waals surface area contributed by atoms with Gasteiger partial charge in [-0.2, -0.15) is 0 Å². The Hall–Kier alpha value is -1.57. The molecule has 0 fully saturated rings. The summed E-state index contributed by atoms with van der Waals surface area (Å²) >= 11 is 0. The van der Waals surface area contributed by atoms with Crippen LogP contribution in [0.3, 0.4) is 0 Å². The van der Waals surface area contributed by atoms with Gasteiger partial charge in [-0.3, -0.25) is 0 Å². The molecule has 2 nitrogen and oxygen atoms in total. The van der Waals surface area contributed by atoms with Crippen LogP contribution >= 0.6 is 0 Å². The highest BCUT2D eigenvalue weighted by molar-refractivity contribution is 5.88. The van der Waals surface area contributed by atoms with Crippen LogP contribution in [0.4, 0.5) is 0 Å². The van der Waals surface area contributed by atoms with Crippen molar-refractivity contribution in [3.63, 3.8) is 0 Å². The standard InChI is InChI=1S/C17H22O2/c1-3-10-17(2)11-8-14(9-12-17)13-4-6-15(7-5-13)16(18)19/h4-8H,3,9-12H2,1-2H3,(H,18,19). The number of rotatable bonds is 4. The Morgan fingerprint density at radius 2 is 2.00 bits per heavy atom. The second-order valence-corrected chi connectivity index (χ2v) is 5.88. The molecule has 0 bridgehead atoms. The Balaban J connectivity index is 2.11. The van der Waals surface area contributed by atoms with E-state index >= 15 is 0 Å². The molecule has 1 aliphatic rings. The zero-order valence-electron chi connectivity index (χ0n) is 11.8. The Kier molecular flexibility index (Phi) is 4.08. The number of aromatic carboxylic acids is 1. The summed E-state index contributed by atoms with van der Waals surface area (Å²) in [4.78, 5) is 10.8. The van der Waals surface area contributed by atoms with Gasteiger partial charge < -0.3 is 5.11 Å². The normalized spacial score (nSPS) is 22.9. The Morgan fingerprint density at radius 3 is 2.47 bits per heavy atom. The highest BCUT2D eigenvalue weighted by Crippen LogP contribution is 2.41. The van der Waals surface area contributed by atoms with E-state index in [9.17, 15) is 4.79 Å². The highest BCUT2D eigenvalue weighted by Gasteiger charge is 2.26. The summed E-state index contributed by atoms with van der Waals surface area (Å²) in [6.07, 6.45) is 8.34. The fourth-order valence-corrected chi connectivity index (χ4v) is 2.93. The molecule has 0 spiro atoms. The summed E-state index contributed by atoms with van der Waals surface area (Å²) in [6, 6.07) is 7.24. The minimum Gasteiger partial charge on any atom is -0.478 e. The van der Waals surface area contributed by atoms with Crippen molar-refractivity contribution in [1.82, 2.24) is 0 Å². The summed E-state index contributed by atoms with van der Waals surface area (Å²) < 4.78 is 0. The van der Waals surface area contributed by atoms with E-state index in [1.807, 2.05) is 12.1 Å². The van der Waals surface area contributed by atoms with Crippen LogP contribution in [0.15, 0.2) is 30.3 Å². The maximum Gasteiger partial charge on any atom is 0.335 e. The number of hydrogen-bond donors (Lipinski definition) is 1. The van der Waals surface area contributed by atoms with E-state index in [2.05, 4.69) is 19.9 Å². The molecule has 0 saturated carbocycles.